The zero-order valence-electron chi connectivity index (χ0n) is 9.84. The van der Waals surface area contributed by atoms with Gasteiger partial charge in [0.05, 0.1) is 5.92 Å². The van der Waals surface area contributed by atoms with Crippen molar-refractivity contribution < 1.29 is 41.0 Å². The summed E-state index contributed by atoms with van der Waals surface area (Å²) in [7, 11) is 0.687. The number of carbonyl (C=O) groups excluding carboxylic acids is 1. The Morgan fingerprint density at radius 1 is 1.11 bits per heavy atom. The summed E-state index contributed by atoms with van der Waals surface area (Å²) < 4.78 is 73.4. The van der Waals surface area contributed by atoms with Gasteiger partial charge in [0.1, 0.15) is 0 Å². The average Bonchev–Trinajstić information content (AvgIpc) is 2.12. The minimum absolute atomic E-state index is 0.116. The molecular formula is C9H11F6NO3. The van der Waals surface area contributed by atoms with Crippen molar-refractivity contribution in [1.82, 2.24) is 4.90 Å². The van der Waals surface area contributed by atoms with Crippen LogP contribution in [-0.2, 0) is 9.59 Å². The van der Waals surface area contributed by atoms with E-state index in [9.17, 15) is 35.9 Å². The van der Waals surface area contributed by atoms with Crippen molar-refractivity contribution in [1.29, 1.82) is 0 Å². The van der Waals surface area contributed by atoms with Crippen LogP contribution in [0.25, 0.3) is 0 Å². The molecule has 0 fully saturated rings. The third-order valence-electron chi connectivity index (χ3n) is 2.25. The van der Waals surface area contributed by atoms with Gasteiger partial charge >= 0.3 is 18.3 Å². The van der Waals surface area contributed by atoms with Gasteiger partial charge in [0.15, 0.2) is 0 Å². The van der Waals surface area contributed by atoms with Crippen LogP contribution in [0.5, 0.6) is 0 Å². The summed E-state index contributed by atoms with van der Waals surface area (Å²) >= 11 is 0. The highest BCUT2D eigenvalue weighted by atomic mass is 19.4. The molecule has 0 spiro atoms. The number of carboxylic acid groups (broad SMARTS) is 1. The molecule has 4 nitrogen and oxygen atoms in total. The van der Waals surface area contributed by atoms with E-state index in [0.29, 0.717) is 7.05 Å². The van der Waals surface area contributed by atoms with Crippen molar-refractivity contribution in [3.05, 3.63) is 0 Å². The zero-order valence-corrected chi connectivity index (χ0v) is 9.84. The maximum absolute atomic E-state index is 12.2. The number of rotatable bonds is 4. The molecule has 0 aromatic carbocycles. The Labute approximate surface area is 104 Å². The van der Waals surface area contributed by atoms with E-state index in [2.05, 4.69) is 0 Å². The predicted molar refractivity (Wildman–Crippen MR) is 50.0 cm³/mol. The van der Waals surface area contributed by atoms with E-state index in [1.807, 2.05) is 0 Å². The standard InChI is InChI=1S/C9H11F6NO3/c1-4(7(18)19)3-16(2)6(17)5(8(10,11)12)9(13,14)15/h4-5H,3H2,1-2H3,(H,18,19). The number of carbonyl (C=O) groups is 2. The number of aliphatic carboxylic acids is 1. The van der Waals surface area contributed by atoms with E-state index in [-0.39, 0.29) is 4.90 Å². The lowest BCUT2D eigenvalue weighted by Gasteiger charge is -2.27. The fourth-order valence-corrected chi connectivity index (χ4v) is 1.26. The zero-order chi connectivity index (χ0) is 15.6. The molecule has 0 heterocycles. The first-order chi connectivity index (χ1) is 8.28. The van der Waals surface area contributed by atoms with Crippen LogP contribution in [0.1, 0.15) is 6.92 Å². The molecule has 0 aromatic heterocycles. The molecule has 112 valence electrons. The topological polar surface area (TPSA) is 57.6 Å². The minimum Gasteiger partial charge on any atom is -0.481 e. The fraction of sp³-hybridized carbons (Fsp3) is 0.778. The third kappa shape index (κ3) is 4.95. The molecule has 0 saturated heterocycles. The van der Waals surface area contributed by atoms with E-state index in [4.69, 9.17) is 5.11 Å². The lowest BCUT2D eigenvalue weighted by molar-refractivity contribution is -0.277. The van der Waals surface area contributed by atoms with Crippen molar-refractivity contribution in [3.63, 3.8) is 0 Å². The van der Waals surface area contributed by atoms with Gasteiger partial charge in [0.2, 0.25) is 11.8 Å². The molecule has 1 amide bonds. The summed E-state index contributed by atoms with van der Waals surface area (Å²) in [6, 6.07) is 0. The first-order valence-corrected chi connectivity index (χ1v) is 4.89. The van der Waals surface area contributed by atoms with Crippen LogP contribution in [0.15, 0.2) is 0 Å². The number of hydrogen-bond acceptors (Lipinski definition) is 2. The molecule has 0 aliphatic carbocycles. The monoisotopic (exact) mass is 295 g/mol. The highest BCUT2D eigenvalue weighted by Crippen LogP contribution is 2.40. The number of hydrogen-bond donors (Lipinski definition) is 1. The second-order valence-electron chi connectivity index (χ2n) is 3.97. The molecule has 19 heavy (non-hydrogen) atoms. The summed E-state index contributed by atoms with van der Waals surface area (Å²) in [6.45, 7) is 0.305. The van der Waals surface area contributed by atoms with Crippen molar-refractivity contribution >= 4 is 11.9 Å². The Morgan fingerprint density at radius 2 is 1.47 bits per heavy atom. The molecule has 0 radical (unpaired) electrons. The van der Waals surface area contributed by atoms with E-state index >= 15 is 0 Å². The minimum atomic E-state index is -5.78. The molecule has 0 aliphatic heterocycles. The van der Waals surface area contributed by atoms with Gasteiger partial charge in [-0.25, -0.2) is 0 Å². The number of carboxylic acids is 1. The van der Waals surface area contributed by atoms with Crippen LogP contribution in [0.4, 0.5) is 26.3 Å². The van der Waals surface area contributed by atoms with Gasteiger partial charge in [0, 0.05) is 13.6 Å². The van der Waals surface area contributed by atoms with Gasteiger partial charge in [-0.15, -0.1) is 0 Å². The lowest BCUT2D eigenvalue weighted by atomic mass is 10.1. The van der Waals surface area contributed by atoms with Gasteiger partial charge in [-0.3, -0.25) is 9.59 Å². The number of halogens is 6. The predicted octanol–water partition coefficient (Wildman–Crippen LogP) is 1.91. The normalized spacial score (nSPS) is 14.4. The Balaban J connectivity index is 5.08. The maximum atomic E-state index is 12.2. The Bertz CT molecular complexity index is 337. The van der Waals surface area contributed by atoms with Gasteiger partial charge in [0.25, 0.3) is 0 Å². The molecule has 0 rings (SSSR count). The quantitative estimate of drug-likeness (QED) is 0.806. The summed E-state index contributed by atoms with van der Waals surface area (Å²) in [5.41, 5.74) is 0. The van der Waals surface area contributed by atoms with Crippen LogP contribution in [0.2, 0.25) is 0 Å². The molecule has 1 unspecified atom stereocenters. The SMILES string of the molecule is CC(CN(C)C(=O)C(C(F)(F)F)C(F)(F)F)C(=O)O. The van der Waals surface area contributed by atoms with Crippen molar-refractivity contribution in [2.45, 2.75) is 19.3 Å². The van der Waals surface area contributed by atoms with Gasteiger partial charge < -0.3 is 10.0 Å². The molecular weight excluding hydrogens is 284 g/mol. The van der Waals surface area contributed by atoms with Crippen LogP contribution in [0, 0.1) is 11.8 Å². The highest BCUT2D eigenvalue weighted by molar-refractivity contribution is 5.81. The largest absolute Gasteiger partial charge is 0.481 e. The Hall–Kier alpha value is -1.48. The summed E-state index contributed by atoms with van der Waals surface area (Å²) in [5.74, 6) is -9.09. The first kappa shape index (κ1) is 17.5. The van der Waals surface area contributed by atoms with Gasteiger partial charge in [-0.1, -0.05) is 6.92 Å². The third-order valence-corrected chi connectivity index (χ3v) is 2.25. The Morgan fingerprint density at radius 3 is 1.74 bits per heavy atom. The van der Waals surface area contributed by atoms with Crippen LogP contribution in [0.3, 0.4) is 0 Å². The molecule has 0 bridgehead atoms. The van der Waals surface area contributed by atoms with Crippen molar-refractivity contribution in [2.24, 2.45) is 11.8 Å². The maximum Gasteiger partial charge on any atom is 0.409 e. The number of nitrogens with zero attached hydrogens (tertiary/aromatic N) is 1. The van der Waals surface area contributed by atoms with E-state index < -0.39 is 42.6 Å². The summed E-state index contributed by atoms with van der Waals surface area (Å²) in [5, 5.41) is 8.49. The van der Waals surface area contributed by atoms with E-state index in [1.165, 1.54) is 0 Å². The van der Waals surface area contributed by atoms with E-state index in [0.717, 1.165) is 6.92 Å². The highest BCUT2D eigenvalue weighted by Gasteiger charge is 2.61. The molecule has 10 heteroatoms. The number of amides is 1. The van der Waals surface area contributed by atoms with Crippen LogP contribution < -0.4 is 0 Å². The lowest BCUT2D eigenvalue weighted by Crippen LogP contribution is -2.49. The van der Waals surface area contributed by atoms with Crippen molar-refractivity contribution in [3.8, 4) is 0 Å². The van der Waals surface area contributed by atoms with Crippen LogP contribution >= 0.6 is 0 Å². The molecule has 0 saturated carbocycles. The van der Waals surface area contributed by atoms with Crippen molar-refractivity contribution in [2.75, 3.05) is 13.6 Å². The Kier molecular flexibility index (Phi) is 5.22. The second-order valence-corrected chi connectivity index (χ2v) is 3.97. The number of alkyl halides is 6. The smallest absolute Gasteiger partial charge is 0.409 e. The van der Waals surface area contributed by atoms with Gasteiger partial charge in [-0.05, 0) is 0 Å². The molecule has 0 aromatic rings. The van der Waals surface area contributed by atoms with Gasteiger partial charge in [-0.2, -0.15) is 26.3 Å². The second kappa shape index (κ2) is 5.66. The van der Waals surface area contributed by atoms with Crippen LogP contribution in [-0.4, -0.2) is 47.8 Å². The fourth-order valence-electron chi connectivity index (χ4n) is 1.26. The average molecular weight is 295 g/mol. The molecule has 1 atom stereocenters. The summed E-state index contributed by atoms with van der Waals surface area (Å²) in [4.78, 5) is 21.7. The first-order valence-electron chi connectivity index (χ1n) is 4.89. The molecule has 1 N–H and O–H groups in total. The summed E-state index contributed by atoms with van der Waals surface area (Å²) in [6.07, 6.45) is -11.6. The van der Waals surface area contributed by atoms with E-state index in [1.54, 1.807) is 0 Å². The molecule has 0 aliphatic rings.